The maximum Gasteiger partial charge on any atom is 0.224 e. The molecule has 7 heteroatoms. The van der Waals surface area contributed by atoms with Crippen LogP contribution in [0.4, 0.5) is 0 Å². The largest absolute Gasteiger partial charge is 0.497 e. The highest BCUT2D eigenvalue weighted by Gasteiger charge is 2.57. The third kappa shape index (κ3) is 3.90. The van der Waals surface area contributed by atoms with Gasteiger partial charge in [-0.25, -0.2) is 4.98 Å². The summed E-state index contributed by atoms with van der Waals surface area (Å²) < 4.78 is 5.25. The number of piperidine rings is 1. The third-order valence-corrected chi connectivity index (χ3v) is 7.97. The maximum atomic E-state index is 12.9. The van der Waals surface area contributed by atoms with Crippen LogP contribution in [0, 0.1) is 11.3 Å². The molecule has 1 aromatic heterocycles. The predicted molar refractivity (Wildman–Crippen MR) is 118 cm³/mol. The third-order valence-electron chi connectivity index (χ3n) is 6.71. The Hall–Kier alpha value is -1.63. The summed E-state index contributed by atoms with van der Waals surface area (Å²) in [5.41, 5.74) is 2.57. The Labute approximate surface area is 182 Å². The molecule has 0 radical (unpaired) electrons. The van der Waals surface area contributed by atoms with Crippen LogP contribution in [0.5, 0.6) is 5.75 Å². The van der Waals surface area contributed by atoms with E-state index >= 15 is 0 Å². The van der Waals surface area contributed by atoms with Gasteiger partial charge in [0.25, 0.3) is 0 Å². The van der Waals surface area contributed by atoms with Gasteiger partial charge in [-0.15, -0.1) is 23.7 Å². The molecule has 0 bridgehead atoms. The Kier molecular flexibility index (Phi) is 5.87. The van der Waals surface area contributed by atoms with Gasteiger partial charge in [-0.2, -0.15) is 0 Å². The number of amides is 1. The number of nitrogens with one attached hydrogen (secondary N) is 2. The van der Waals surface area contributed by atoms with Crippen LogP contribution in [-0.4, -0.2) is 31.1 Å². The number of nitrogens with zero attached hydrogens (tertiary/aromatic N) is 1. The molecule has 5 nitrogen and oxygen atoms in total. The number of carbonyl (C=O) groups excluding carboxylic acids is 1. The molecular formula is C22H28ClN3O2S. The Morgan fingerprint density at radius 1 is 1.28 bits per heavy atom. The molecular weight excluding hydrogens is 406 g/mol. The summed E-state index contributed by atoms with van der Waals surface area (Å²) in [7, 11) is 1.68. The van der Waals surface area contributed by atoms with E-state index < -0.39 is 0 Å². The van der Waals surface area contributed by atoms with E-state index in [-0.39, 0.29) is 35.7 Å². The van der Waals surface area contributed by atoms with Crippen molar-refractivity contribution in [3.63, 3.8) is 0 Å². The van der Waals surface area contributed by atoms with Gasteiger partial charge < -0.3 is 15.4 Å². The van der Waals surface area contributed by atoms with E-state index in [4.69, 9.17) is 9.72 Å². The summed E-state index contributed by atoms with van der Waals surface area (Å²) in [6, 6.07) is 8.19. The summed E-state index contributed by atoms with van der Waals surface area (Å²) in [6.45, 7) is 2.11. The molecule has 2 N–H and O–H groups in total. The number of ether oxygens (including phenoxy) is 1. The van der Waals surface area contributed by atoms with Crippen molar-refractivity contribution in [2.75, 3.05) is 20.2 Å². The number of carbonyl (C=O) groups is 1. The molecule has 29 heavy (non-hydrogen) atoms. The molecule has 1 saturated heterocycles. The fraction of sp³-hybridized carbons (Fsp3) is 0.545. The van der Waals surface area contributed by atoms with Crippen LogP contribution in [0.3, 0.4) is 0 Å². The Bertz CT molecular complexity index is 877. The van der Waals surface area contributed by atoms with Gasteiger partial charge in [-0.3, -0.25) is 4.79 Å². The van der Waals surface area contributed by atoms with E-state index in [2.05, 4.69) is 22.8 Å². The lowest BCUT2D eigenvalue weighted by Crippen LogP contribution is -2.35. The fourth-order valence-electron chi connectivity index (χ4n) is 4.88. The number of methoxy groups -OCH3 is 1. The van der Waals surface area contributed by atoms with E-state index in [1.165, 1.54) is 10.6 Å². The molecule has 156 valence electrons. The lowest BCUT2D eigenvalue weighted by Gasteiger charge is -2.25. The standard InChI is InChI=1S/C22H27N3O2S.ClH/c1-27-15-7-5-14(6-8-15)21-25-18-4-2-3-17(19(18)28-21)24-20(26)16-13-22(16)9-11-23-12-10-22;/h5-8,16-17,23H,2-4,9-13H2,1H3,(H,24,26);1H. The Morgan fingerprint density at radius 3 is 2.76 bits per heavy atom. The van der Waals surface area contributed by atoms with Gasteiger partial charge in [0, 0.05) is 11.5 Å². The second-order valence-corrected chi connectivity index (χ2v) is 9.41. The molecule has 1 aromatic carbocycles. The van der Waals surface area contributed by atoms with Crippen LogP contribution in [0.25, 0.3) is 10.6 Å². The molecule has 1 aliphatic heterocycles. The van der Waals surface area contributed by atoms with E-state index in [1.54, 1.807) is 18.4 Å². The smallest absolute Gasteiger partial charge is 0.224 e. The second-order valence-electron chi connectivity index (χ2n) is 8.38. The first-order chi connectivity index (χ1) is 13.7. The van der Waals surface area contributed by atoms with E-state index in [9.17, 15) is 4.79 Å². The molecule has 1 amide bonds. The quantitative estimate of drug-likeness (QED) is 0.761. The van der Waals surface area contributed by atoms with Crippen molar-refractivity contribution in [1.29, 1.82) is 0 Å². The van der Waals surface area contributed by atoms with Crippen molar-refractivity contribution in [1.82, 2.24) is 15.6 Å². The molecule has 2 heterocycles. The highest BCUT2D eigenvalue weighted by atomic mass is 35.5. The van der Waals surface area contributed by atoms with Crippen LogP contribution in [0.15, 0.2) is 24.3 Å². The van der Waals surface area contributed by atoms with Crippen LogP contribution in [0.2, 0.25) is 0 Å². The first-order valence-corrected chi connectivity index (χ1v) is 11.2. The van der Waals surface area contributed by atoms with Gasteiger partial charge in [0.2, 0.25) is 5.91 Å². The molecule has 1 saturated carbocycles. The van der Waals surface area contributed by atoms with Crippen molar-refractivity contribution in [2.45, 2.75) is 44.6 Å². The Morgan fingerprint density at radius 2 is 2.03 bits per heavy atom. The van der Waals surface area contributed by atoms with Crippen molar-refractivity contribution < 1.29 is 9.53 Å². The average molecular weight is 434 g/mol. The van der Waals surface area contributed by atoms with E-state index in [0.717, 1.165) is 67.9 Å². The van der Waals surface area contributed by atoms with Gasteiger partial charge in [-0.05, 0) is 81.3 Å². The predicted octanol–water partition coefficient (Wildman–Crippen LogP) is 4.12. The summed E-state index contributed by atoms with van der Waals surface area (Å²) in [5.74, 6) is 1.33. The average Bonchev–Trinajstić information content (AvgIpc) is 3.23. The number of hydrogen-bond donors (Lipinski definition) is 2. The topological polar surface area (TPSA) is 63.2 Å². The number of rotatable bonds is 4. The lowest BCUT2D eigenvalue weighted by molar-refractivity contribution is -0.124. The van der Waals surface area contributed by atoms with Crippen molar-refractivity contribution in [3.8, 4) is 16.3 Å². The first-order valence-electron chi connectivity index (χ1n) is 10.3. The minimum absolute atomic E-state index is 0. The highest BCUT2D eigenvalue weighted by molar-refractivity contribution is 7.15. The summed E-state index contributed by atoms with van der Waals surface area (Å²) in [6.07, 6.45) is 6.47. The van der Waals surface area contributed by atoms with Crippen LogP contribution < -0.4 is 15.4 Å². The number of aryl methyl sites for hydroxylation is 1. The first kappa shape index (κ1) is 20.6. The molecule has 2 aromatic rings. The minimum Gasteiger partial charge on any atom is -0.497 e. The number of thiazole rings is 1. The van der Waals surface area contributed by atoms with Gasteiger partial charge >= 0.3 is 0 Å². The van der Waals surface area contributed by atoms with Gasteiger partial charge in [0.1, 0.15) is 10.8 Å². The number of aromatic nitrogens is 1. The molecule has 2 aliphatic carbocycles. The number of halogens is 1. The van der Waals surface area contributed by atoms with Crippen LogP contribution >= 0.6 is 23.7 Å². The number of fused-ring (bicyclic) bond motifs is 1. The molecule has 2 atom stereocenters. The molecule has 2 unspecified atom stereocenters. The van der Waals surface area contributed by atoms with Crippen LogP contribution in [-0.2, 0) is 11.2 Å². The van der Waals surface area contributed by atoms with E-state index in [1.807, 2.05) is 12.1 Å². The molecule has 1 spiro atoms. The fourth-order valence-corrected chi connectivity index (χ4v) is 6.09. The zero-order valence-electron chi connectivity index (χ0n) is 16.7. The number of hydrogen-bond acceptors (Lipinski definition) is 5. The zero-order valence-corrected chi connectivity index (χ0v) is 18.3. The summed E-state index contributed by atoms with van der Waals surface area (Å²) in [5, 5.41) is 7.83. The molecule has 5 rings (SSSR count). The van der Waals surface area contributed by atoms with Crippen molar-refractivity contribution in [3.05, 3.63) is 34.8 Å². The normalized spacial score (nSPS) is 24.3. The SMILES string of the molecule is COc1ccc(-c2nc3c(s2)C(NC(=O)C2CC24CCNCC4)CCC3)cc1.Cl. The number of benzene rings is 1. The van der Waals surface area contributed by atoms with Crippen LogP contribution in [0.1, 0.15) is 48.7 Å². The molecule has 2 fully saturated rings. The summed E-state index contributed by atoms with van der Waals surface area (Å²) in [4.78, 5) is 19.1. The van der Waals surface area contributed by atoms with Gasteiger partial charge in [0.15, 0.2) is 0 Å². The highest BCUT2D eigenvalue weighted by Crippen LogP contribution is 2.58. The Balaban J connectivity index is 0.00000205. The second kappa shape index (κ2) is 8.25. The monoisotopic (exact) mass is 433 g/mol. The summed E-state index contributed by atoms with van der Waals surface area (Å²) >= 11 is 1.73. The minimum atomic E-state index is 0. The zero-order chi connectivity index (χ0) is 19.1. The van der Waals surface area contributed by atoms with Gasteiger partial charge in [-0.1, -0.05) is 0 Å². The van der Waals surface area contributed by atoms with Crippen molar-refractivity contribution in [2.24, 2.45) is 11.3 Å². The lowest BCUT2D eigenvalue weighted by atomic mass is 9.91. The molecule has 3 aliphatic rings. The maximum absolute atomic E-state index is 12.9. The van der Waals surface area contributed by atoms with E-state index in [0.29, 0.717) is 0 Å². The van der Waals surface area contributed by atoms with Crippen molar-refractivity contribution >= 4 is 29.7 Å². The van der Waals surface area contributed by atoms with Gasteiger partial charge in [0.05, 0.1) is 23.7 Å².